The van der Waals surface area contributed by atoms with Crippen molar-refractivity contribution in [2.45, 2.75) is 13.8 Å². The van der Waals surface area contributed by atoms with E-state index in [0.29, 0.717) is 0 Å². The number of carbonyl (C=O) groups is 1. The summed E-state index contributed by atoms with van der Waals surface area (Å²) in [5, 5.41) is 0. The van der Waals surface area contributed by atoms with Crippen molar-refractivity contribution in [2.24, 2.45) is 0 Å². The molecule has 0 rings (SSSR count). The Balaban J connectivity index is -0.000000605. The average Bonchev–Trinajstić information content (AvgIpc) is 1.85. The summed E-state index contributed by atoms with van der Waals surface area (Å²) < 4.78 is 29.4. The van der Waals surface area contributed by atoms with Gasteiger partial charge in [-0.3, -0.25) is 0 Å². The van der Waals surface area contributed by atoms with Crippen LogP contribution in [-0.4, -0.2) is 21.0 Å². The van der Waals surface area contributed by atoms with E-state index in [2.05, 4.69) is 14.9 Å². The summed E-state index contributed by atoms with van der Waals surface area (Å²) in [6, 6.07) is 0. The summed E-state index contributed by atoms with van der Waals surface area (Å²) in [5.41, 5.74) is -0.00159. The Morgan fingerprint density at radius 3 is 2.31 bits per heavy atom. The topological polar surface area (TPSA) is 69.7 Å². The quantitative estimate of drug-likeness (QED) is 0.385. The Kier molecular flexibility index (Phi) is 7.86. The van der Waals surface area contributed by atoms with Crippen LogP contribution in [0.5, 0.6) is 0 Å². The van der Waals surface area contributed by atoms with Crippen molar-refractivity contribution in [3.63, 3.8) is 0 Å². The molecule has 0 saturated carbocycles. The SMILES string of the molecule is C=C(C)C(=O)OS(=O)(=O)OCC.[H-].[Na+]. The summed E-state index contributed by atoms with van der Waals surface area (Å²) in [7, 11) is -4.19. The molecule has 72 valence electrons. The fourth-order valence-corrected chi connectivity index (χ4v) is 0.997. The number of hydrogen-bond donors (Lipinski definition) is 0. The Morgan fingerprint density at radius 2 is 2.00 bits per heavy atom. The second kappa shape index (κ2) is 6.56. The third-order valence-electron chi connectivity index (χ3n) is 0.788. The molecule has 0 atom stereocenters. The smallest absolute Gasteiger partial charge is 1.00 e. The van der Waals surface area contributed by atoms with Crippen LogP contribution in [0.3, 0.4) is 0 Å². The molecular formula is C6H11NaO5S. The van der Waals surface area contributed by atoms with Gasteiger partial charge in [0.15, 0.2) is 0 Å². The molecule has 0 aliphatic rings. The second-order valence-corrected chi connectivity index (χ2v) is 3.18. The van der Waals surface area contributed by atoms with Gasteiger partial charge in [0, 0.05) is 5.57 Å². The molecule has 0 bridgehead atoms. The zero-order valence-electron chi connectivity index (χ0n) is 8.86. The second-order valence-electron chi connectivity index (χ2n) is 1.97. The molecule has 0 aliphatic heterocycles. The van der Waals surface area contributed by atoms with Crippen LogP contribution < -0.4 is 29.6 Å². The van der Waals surface area contributed by atoms with Crippen LogP contribution in [0.25, 0.3) is 0 Å². The molecular weight excluding hydrogens is 207 g/mol. The number of carbonyl (C=O) groups excluding carboxylic acids is 1. The maximum absolute atomic E-state index is 10.7. The molecule has 0 aromatic rings. The monoisotopic (exact) mass is 218 g/mol. The third-order valence-corrected chi connectivity index (χ3v) is 1.67. The zero-order valence-corrected chi connectivity index (χ0v) is 10.7. The van der Waals surface area contributed by atoms with Gasteiger partial charge in [-0.1, -0.05) is 6.58 Å². The van der Waals surface area contributed by atoms with Gasteiger partial charge in [0.05, 0.1) is 6.61 Å². The van der Waals surface area contributed by atoms with Crippen LogP contribution >= 0.6 is 0 Å². The first-order chi connectivity index (χ1) is 5.39. The van der Waals surface area contributed by atoms with Crippen LogP contribution in [0.2, 0.25) is 0 Å². The summed E-state index contributed by atoms with van der Waals surface area (Å²) in [6.45, 7) is 5.93. The minimum atomic E-state index is -4.19. The molecule has 0 unspecified atom stereocenters. The Bertz CT molecular complexity index is 287. The van der Waals surface area contributed by atoms with Crippen LogP contribution in [0.1, 0.15) is 15.3 Å². The van der Waals surface area contributed by atoms with Crippen molar-refractivity contribution >= 4 is 16.4 Å². The van der Waals surface area contributed by atoms with Gasteiger partial charge >= 0.3 is 45.9 Å². The van der Waals surface area contributed by atoms with E-state index in [1.165, 1.54) is 13.8 Å². The molecule has 0 saturated heterocycles. The van der Waals surface area contributed by atoms with E-state index < -0.39 is 16.4 Å². The van der Waals surface area contributed by atoms with Crippen molar-refractivity contribution in [1.29, 1.82) is 0 Å². The van der Waals surface area contributed by atoms with E-state index in [4.69, 9.17) is 0 Å². The molecule has 0 amide bonds. The van der Waals surface area contributed by atoms with E-state index in [9.17, 15) is 13.2 Å². The molecule has 5 nitrogen and oxygen atoms in total. The van der Waals surface area contributed by atoms with Crippen LogP contribution in [0.4, 0.5) is 0 Å². The third kappa shape index (κ3) is 7.21. The van der Waals surface area contributed by atoms with E-state index in [1.807, 2.05) is 0 Å². The minimum absolute atomic E-state index is 0. The summed E-state index contributed by atoms with van der Waals surface area (Å²) in [5.74, 6) is -1.01. The average molecular weight is 218 g/mol. The van der Waals surface area contributed by atoms with E-state index >= 15 is 0 Å². The number of rotatable bonds is 4. The van der Waals surface area contributed by atoms with Crippen molar-refractivity contribution < 1.29 is 52.6 Å². The largest absolute Gasteiger partial charge is 1.00 e. The fraction of sp³-hybridized carbons (Fsp3) is 0.500. The Hall–Kier alpha value is 0.120. The maximum atomic E-state index is 10.7. The normalized spacial score (nSPS) is 10.0. The van der Waals surface area contributed by atoms with Crippen LogP contribution in [0.15, 0.2) is 12.2 Å². The first kappa shape index (κ1) is 15.6. The standard InChI is InChI=1S/C6H10O5S.Na.H/c1-4-10-12(8,9)11-6(7)5(2)3;;/h2,4H2,1,3H3;;/q;+1;-1. The molecule has 13 heavy (non-hydrogen) atoms. The van der Waals surface area contributed by atoms with Crippen LogP contribution in [0, 0.1) is 0 Å². The summed E-state index contributed by atoms with van der Waals surface area (Å²) >= 11 is 0. The van der Waals surface area contributed by atoms with Crippen molar-refractivity contribution in [3.05, 3.63) is 12.2 Å². The zero-order chi connectivity index (χ0) is 9.78. The van der Waals surface area contributed by atoms with Gasteiger partial charge in [0.1, 0.15) is 0 Å². The minimum Gasteiger partial charge on any atom is -1.00 e. The molecule has 0 fully saturated rings. The van der Waals surface area contributed by atoms with Gasteiger partial charge in [-0.2, -0.15) is 8.42 Å². The van der Waals surface area contributed by atoms with E-state index in [-0.39, 0.29) is 43.2 Å². The number of hydrogen-bond acceptors (Lipinski definition) is 5. The molecule has 0 aromatic heterocycles. The molecule has 0 aromatic carbocycles. The van der Waals surface area contributed by atoms with Crippen molar-refractivity contribution in [3.8, 4) is 0 Å². The van der Waals surface area contributed by atoms with E-state index in [0.717, 1.165) is 0 Å². The molecule has 0 heterocycles. The van der Waals surface area contributed by atoms with Gasteiger partial charge in [-0.05, 0) is 13.8 Å². The molecule has 7 heteroatoms. The molecule has 0 radical (unpaired) electrons. The van der Waals surface area contributed by atoms with Gasteiger partial charge in [0.2, 0.25) is 0 Å². The first-order valence-corrected chi connectivity index (χ1v) is 4.51. The van der Waals surface area contributed by atoms with Gasteiger partial charge in [-0.15, -0.1) is 0 Å². The maximum Gasteiger partial charge on any atom is 1.00 e. The van der Waals surface area contributed by atoms with Gasteiger partial charge in [-0.25, -0.2) is 8.98 Å². The predicted molar refractivity (Wildman–Crippen MR) is 42.6 cm³/mol. The molecule has 0 spiro atoms. The fourth-order valence-electron chi connectivity index (χ4n) is 0.332. The Labute approximate surface area is 101 Å². The summed E-state index contributed by atoms with van der Waals surface area (Å²) in [4.78, 5) is 10.7. The molecule has 0 N–H and O–H groups in total. The van der Waals surface area contributed by atoms with Gasteiger partial charge in [0.25, 0.3) is 0 Å². The van der Waals surface area contributed by atoms with Crippen molar-refractivity contribution in [2.75, 3.05) is 6.61 Å². The van der Waals surface area contributed by atoms with Crippen LogP contribution in [-0.2, 0) is 23.6 Å². The predicted octanol–water partition coefficient (Wildman–Crippen LogP) is -2.50. The van der Waals surface area contributed by atoms with E-state index in [1.54, 1.807) is 0 Å². The Morgan fingerprint density at radius 1 is 1.54 bits per heavy atom. The van der Waals surface area contributed by atoms with Crippen molar-refractivity contribution in [1.82, 2.24) is 0 Å². The van der Waals surface area contributed by atoms with Gasteiger partial charge < -0.3 is 5.61 Å². The first-order valence-electron chi connectivity index (χ1n) is 3.17. The molecule has 0 aliphatic carbocycles. The summed E-state index contributed by atoms with van der Waals surface area (Å²) in [6.07, 6.45) is 0.